The standard InChI is InChI=1S/C13H13ClN2O/c14-11-4-2-10(3-5-11)13(7-1-8-13)16-12(17)6-9-15/h2-5H,1,6-8H2,(H,16,17). The summed E-state index contributed by atoms with van der Waals surface area (Å²) in [6.07, 6.45) is 2.85. The van der Waals surface area contributed by atoms with Crippen LogP contribution in [0.15, 0.2) is 24.3 Å². The number of carbonyl (C=O) groups is 1. The molecule has 0 atom stereocenters. The maximum absolute atomic E-state index is 11.5. The zero-order chi connectivity index (χ0) is 12.3. The molecular formula is C13H13ClN2O. The van der Waals surface area contributed by atoms with Gasteiger partial charge >= 0.3 is 0 Å². The summed E-state index contributed by atoms with van der Waals surface area (Å²) in [6, 6.07) is 9.40. The molecule has 0 unspecified atom stereocenters. The van der Waals surface area contributed by atoms with Gasteiger partial charge in [-0.05, 0) is 37.0 Å². The highest BCUT2D eigenvalue weighted by atomic mass is 35.5. The lowest BCUT2D eigenvalue weighted by atomic mass is 9.71. The quantitative estimate of drug-likeness (QED) is 0.894. The maximum Gasteiger partial charge on any atom is 0.234 e. The molecule has 0 bridgehead atoms. The van der Waals surface area contributed by atoms with Gasteiger partial charge < -0.3 is 5.32 Å². The van der Waals surface area contributed by atoms with Crippen molar-refractivity contribution in [2.45, 2.75) is 31.2 Å². The molecule has 1 fully saturated rings. The fourth-order valence-corrected chi connectivity index (χ4v) is 2.29. The van der Waals surface area contributed by atoms with Gasteiger partial charge in [0.05, 0.1) is 11.6 Å². The van der Waals surface area contributed by atoms with E-state index in [2.05, 4.69) is 5.32 Å². The number of carbonyl (C=O) groups excluding carboxylic acids is 1. The highest BCUT2D eigenvalue weighted by molar-refractivity contribution is 6.30. The van der Waals surface area contributed by atoms with Crippen LogP contribution in [0.1, 0.15) is 31.2 Å². The molecule has 1 aliphatic rings. The summed E-state index contributed by atoms with van der Waals surface area (Å²) in [6.45, 7) is 0. The van der Waals surface area contributed by atoms with Crippen LogP contribution in [0.3, 0.4) is 0 Å². The molecule has 3 nitrogen and oxygen atoms in total. The second-order valence-corrected chi connectivity index (χ2v) is 4.76. The number of hydrogen-bond acceptors (Lipinski definition) is 2. The first-order valence-electron chi connectivity index (χ1n) is 5.60. The second-order valence-electron chi connectivity index (χ2n) is 4.33. The Balaban J connectivity index is 2.17. The molecule has 1 N–H and O–H groups in total. The molecule has 2 rings (SSSR count). The topological polar surface area (TPSA) is 52.9 Å². The van der Waals surface area contributed by atoms with Crippen molar-refractivity contribution in [2.75, 3.05) is 0 Å². The summed E-state index contributed by atoms with van der Waals surface area (Å²) < 4.78 is 0. The number of hydrogen-bond donors (Lipinski definition) is 1. The Hall–Kier alpha value is -1.53. The van der Waals surface area contributed by atoms with Crippen molar-refractivity contribution < 1.29 is 4.79 Å². The molecule has 0 heterocycles. The molecule has 0 spiro atoms. The van der Waals surface area contributed by atoms with Crippen molar-refractivity contribution in [3.8, 4) is 6.07 Å². The fraction of sp³-hybridized carbons (Fsp3) is 0.385. The molecule has 88 valence electrons. The van der Waals surface area contributed by atoms with Crippen LogP contribution < -0.4 is 5.32 Å². The Morgan fingerprint density at radius 2 is 2.06 bits per heavy atom. The van der Waals surface area contributed by atoms with E-state index in [1.807, 2.05) is 30.3 Å². The van der Waals surface area contributed by atoms with Crippen LogP contribution in [-0.4, -0.2) is 5.91 Å². The number of nitrogens with zero attached hydrogens (tertiary/aromatic N) is 1. The smallest absolute Gasteiger partial charge is 0.234 e. The van der Waals surface area contributed by atoms with Crippen LogP contribution in [-0.2, 0) is 10.3 Å². The van der Waals surface area contributed by atoms with Crippen LogP contribution in [0.4, 0.5) is 0 Å². The van der Waals surface area contributed by atoms with Crippen LogP contribution in [0.2, 0.25) is 5.02 Å². The normalized spacial score (nSPS) is 16.7. The largest absolute Gasteiger partial charge is 0.346 e. The lowest BCUT2D eigenvalue weighted by Gasteiger charge is -2.43. The second kappa shape index (κ2) is 4.77. The van der Waals surface area contributed by atoms with Crippen molar-refractivity contribution in [1.82, 2.24) is 5.32 Å². The highest BCUT2D eigenvalue weighted by Crippen LogP contribution is 2.41. The van der Waals surface area contributed by atoms with Crippen LogP contribution >= 0.6 is 11.6 Å². The first-order valence-corrected chi connectivity index (χ1v) is 5.98. The lowest BCUT2D eigenvalue weighted by molar-refractivity contribution is -0.123. The molecule has 0 aromatic heterocycles. The summed E-state index contributed by atoms with van der Waals surface area (Å²) in [5, 5.41) is 12.2. The summed E-state index contributed by atoms with van der Waals surface area (Å²) in [5.74, 6) is -0.206. The van der Waals surface area contributed by atoms with Crippen LogP contribution in [0.5, 0.6) is 0 Å². The van der Waals surface area contributed by atoms with Gasteiger partial charge in [0.15, 0.2) is 0 Å². The van der Waals surface area contributed by atoms with E-state index in [1.54, 1.807) is 0 Å². The van der Waals surface area contributed by atoms with Crippen molar-refractivity contribution in [3.63, 3.8) is 0 Å². The summed E-state index contributed by atoms with van der Waals surface area (Å²) >= 11 is 5.85. The van der Waals surface area contributed by atoms with Gasteiger partial charge in [-0.25, -0.2) is 0 Å². The first kappa shape index (κ1) is 11.9. The molecule has 1 amide bonds. The van der Waals surface area contributed by atoms with Crippen molar-refractivity contribution in [2.24, 2.45) is 0 Å². The zero-order valence-corrected chi connectivity index (χ0v) is 10.1. The third-order valence-electron chi connectivity index (χ3n) is 3.22. The van der Waals surface area contributed by atoms with Gasteiger partial charge in [-0.15, -0.1) is 0 Å². The Kier molecular flexibility index (Phi) is 3.35. The summed E-state index contributed by atoms with van der Waals surface area (Å²) in [7, 11) is 0. The minimum absolute atomic E-state index is 0.0880. The average Bonchev–Trinajstić information content (AvgIpc) is 2.25. The molecule has 1 aromatic rings. The van der Waals surface area contributed by atoms with E-state index >= 15 is 0 Å². The van der Waals surface area contributed by atoms with Gasteiger partial charge in [-0.3, -0.25) is 4.79 Å². The SMILES string of the molecule is N#CCC(=O)NC1(c2ccc(Cl)cc2)CCC1. The van der Waals surface area contributed by atoms with Crippen molar-refractivity contribution in [1.29, 1.82) is 5.26 Å². The maximum atomic E-state index is 11.5. The monoisotopic (exact) mass is 248 g/mol. The fourth-order valence-electron chi connectivity index (χ4n) is 2.17. The van der Waals surface area contributed by atoms with Gasteiger partial charge in [0, 0.05) is 5.02 Å². The number of nitriles is 1. The lowest BCUT2D eigenvalue weighted by Crippen LogP contribution is -2.50. The predicted octanol–water partition coefficient (Wildman–Crippen LogP) is 2.75. The van der Waals surface area contributed by atoms with E-state index in [-0.39, 0.29) is 17.9 Å². The molecule has 1 aromatic carbocycles. The predicted molar refractivity (Wildman–Crippen MR) is 65.4 cm³/mol. The van der Waals surface area contributed by atoms with E-state index in [1.165, 1.54) is 0 Å². The minimum atomic E-state index is -0.279. The minimum Gasteiger partial charge on any atom is -0.346 e. The molecular weight excluding hydrogens is 236 g/mol. The van der Waals surface area contributed by atoms with E-state index in [0.717, 1.165) is 24.8 Å². The van der Waals surface area contributed by atoms with E-state index < -0.39 is 0 Å². The molecule has 0 saturated heterocycles. The molecule has 1 saturated carbocycles. The number of rotatable bonds is 3. The Morgan fingerprint density at radius 3 is 2.53 bits per heavy atom. The first-order chi connectivity index (χ1) is 8.16. The highest BCUT2D eigenvalue weighted by Gasteiger charge is 2.39. The Bertz CT molecular complexity index is 457. The van der Waals surface area contributed by atoms with Gasteiger partial charge in [0.2, 0.25) is 5.91 Å². The Morgan fingerprint density at radius 1 is 1.41 bits per heavy atom. The number of amides is 1. The molecule has 4 heteroatoms. The Labute approximate surface area is 105 Å². The van der Waals surface area contributed by atoms with Crippen LogP contribution in [0.25, 0.3) is 0 Å². The van der Waals surface area contributed by atoms with E-state index in [4.69, 9.17) is 16.9 Å². The summed E-state index contributed by atoms with van der Waals surface area (Å²) in [5.41, 5.74) is 0.790. The molecule has 0 radical (unpaired) electrons. The zero-order valence-electron chi connectivity index (χ0n) is 9.37. The molecule has 17 heavy (non-hydrogen) atoms. The number of halogens is 1. The van der Waals surface area contributed by atoms with Crippen molar-refractivity contribution >= 4 is 17.5 Å². The van der Waals surface area contributed by atoms with Gasteiger partial charge in [0.25, 0.3) is 0 Å². The van der Waals surface area contributed by atoms with E-state index in [9.17, 15) is 4.79 Å². The molecule has 1 aliphatic carbocycles. The van der Waals surface area contributed by atoms with Gasteiger partial charge in [-0.1, -0.05) is 23.7 Å². The van der Waals surface area contributed by atoms with Crippen molar-refractivity contribution in [3.05, 3.63) is 34.9 Å². The third kappa shape index (κ3) is 2.42. The molecule has 0 aliphatic heterocycles. The van der Waals surface area contributed by atoms with E-state index in [0.29, 0.717) is 5.02 Å². The van der Waals surface area contributed by atoms with Gasteiger partial charge in [-0.2, -0.15) is 5.26 Å². The third-order valence-corrected chi connectivity index (χ3v) is 3.47. The van der Waals surface area contributed by atoms with Gasteiger partial charge in [0.1, 0.15) is 6.42 Å². The van der Waals surface area contributed by atoms with Crippen LogP contribution in [0, 0.1) is 11.3 Å². The average molecular weight is 249 g/mol. The summed E-state index contributed by atoms with van der Waals surface area (Å²) in [4.78, 5) is 11.5. The number of nitrogens with one attached hydrogen (secondary N) is 1. The number of benzene rings is 1.